The number of alkyl carbamates (subject to hydrolysis) is 1. The lowest BCUT2D eigenvalue weighted by Gasteiger charge is -2.37. The Hall–Kier alpha value is -6.32. The van der Waals surface area contributed by atoms with E-state index in [1.54, 1.807) is 69.2 Å². The van der Waals surface area contributed by atoms with E-state index in [0.717, 1.165) is 47.9 Å². The van der Waals surface area contributed by atoms with Gasteiger partial charge in [0.25, 0.3) is 0 Å². The lowest BCUT2D eigenvalue weighted by atomic mass is 9.85. The number of carbonyl (C=O) groups excluding carboxylic acids is 8. The van der Waals surface area contributed by atoms with E-state index in [1.807, 2.05) is 63.2 Å². The van der Waals surface area contributed by atoms with Crippen molar-refractivity contribution in [1.82, 2.24) is 41.3 Å². The fourth-order valence-corrected chi connectivity index (χ4v) is 11.0. The van der Waals surface area contributed by atoms with Crippen molar-refractivity contribution >= 4 is 47.6 Å². The zero-order valence-corrected chi connectivity index (χ0v) is 50.8. The lowest BCUT2D eigenvalue weighted by Crippen LogP contribution is -2.61. The van der Waals surface area contributed by atoms with E-state index in [2.05, 4.69) is 32.7 Å². The second kappa shape index (κ2) is 26.9. The Bertz CT molecular complexity index is 2480. The minimum atomic E-state index is -1.45. The maximum absolute atomic E-state index is 15.0. The second-order valence-corrected chi connectivity index (χ2v) is 26.5. The Morgan fingerprint density at radius 3 is 1.43 bits per heavy atom. The number of aliphatic hydroxyl groups is 1. The molecule has 6 rings (SSSR count). The number of likely N-dealkylation sites (N-methyl/N-ethyl adjacent to an activating group) is 1. The first-order valence-corrected chi connectivity index (χ1v) is 29.0. The van der Waals surface area contributed by atoms with Crippen LogP contribution < -0.4 is 26.6 Å². The smallest absolute Gasteiger partial charge is 0.410 e. The molecule has 8 amide bonds. The van der Waals surface area contributed by atoms with E-state index in [1.165, 1.54) is 21.7 Å². The van der Waals surface area contributed by atoms with Gasteiger partial charge in [0, 0.05) is 33.0 Å². The molecular weight excluding hydrogens is 1050 g/mol. The number of ether oxygens (including phenoxy) is 4. The molecule has 2 aromatic rings. The van der Waals surface area contributed by atoms with E-state index in [9.17, 15) is 43.5 Å². The van der Waals surface area contributed by atoms with Gasteiger partial charge in [-0.15, -0.1) is 0 Å². The minimum Gasteiger partial charge on any atom is -0.444 e. The van der Waals surface area contributed by atoms with Crippen molar-refractivity contribution in [2.24, 2.45) is 10.8 Å². The zero-order valence-electron chi connectivity index (χ0n) is 50.8. The highest BCUT2D eigenvalue weighted by Crippen LogP contribution is 2.34. The molecule has 0 aromatic heterocycles. The summed E-state index contributed by atoms with van der Waals surface area (Å²) in [7, 11) is 1.45. The average molecular weight is 1150 g/mol. The van der Waals surface area contributed by atoms with E-state index in [4.69, 9.17) is 18.9 Å². The van der Waals surface area contributed by atoms with E-state index in [-0.39, 0.29) is 63.0 Å². The van der Waals surface area contributed by atoms with Gasteiger partial charge in [-0.05, 0) is 120 Å². The molecule has 0 spiro atoms. The highest BCUT2D eigenvalue weighted by atomic mass is 16.6. The van der Waals surface area contributed by atoms with Crippen LogP contribution >= 0.6 is 0 Å². The number of carbonyl (C=O) groups is 8. The van der Waals surface area contributed by atoms with Crippen molar-refractivity contribution in [1.29, 1.82) is 0 Å². The average Bonchev–Trinajstić information content (AvgIpc) is 3.73. The van der Waals surface area contributed by atoms with Crippen LogP contribution in [0.2, 0.25) is 0 Å². The van der Waals surface area contributed by atoms with Crippen LogP contribution in [0.5, 0.6) is 0 Å². The molecule has 454 valence electrons. The number of fused-ring (bicyclic) bond motifs is 2. The van der Waals surface area contributed by atoms with Gasteiger partial charge in [0.2, 0.25) is 35.4 Å². The molecule has 2 fully saturated rings. The lowest BCUT2D eigenvalue weighted by molar-refractivity contribution is -0.144. The maximum atomic E-state index is 15.0. The Morgan fingerprint density at radius 1 is 0.610 bits per heavy atom. The van der Waals surface area contributed by atoms with Crippen LogP contribution in [-0.2, 0) is 60.6 Å². The van der Waals surface area contributed by atoms with Crippen LogP contribution in [0.4, 0.5) is 9.59 Å². The van der Waals surface area contributed by atoms with Crippen LogP contribution in [0.25, 0.3) is 0 Å². The molecule has 21 nitrogen and oxygen atoms in total. The molecule has 2 saturated heterocycles. The second-order valence-electron chi connectivity index (χ2n) is 26.5. The Balaban J connectivity index is 1.19. The number of amides is 8. The fraction of sp³-hybridized carbons (Fsp3) is 0.672. The SMILES string of the molecule is C[C@@H](C(=O)N[C@H](C(=O)N1C[C@@H](OCCO[C@H]2C[C@@H](C(=O)N[C@@H]3CCCc4ccccc43)N(C(=O)[C@@H](NC(=O)[C@H](CO)NC(=O)OC(C)(C)C)C(C)(C)C)C2)C[C@H]1C(=O)N[C@@H]1CCCc2ccccc21)C(C)(C)C)N(C)C(=O)OC(C)(C)C. The third kappa shape index (κ3) is 17.1. The summed E-state index contributed by atoms with van der Waals surface area (Å²) < 4.78 is 23.7. The third-order valence-corrected chi connectivity index (χ3v) is 15.5. The molecule has 0 saturated carbocycles. The predicted octanol–water partition coefficient (Wildman–Crippen LogP) is 5.55. The van der Waals surface area contributed by atoms with Crippen LogP contribution in [0, 0.1) is 10.8 Å². The zero-order chi connectivity index (χ0) is 60.6. The molecule has 2 heterocycles. The van der Waals surface area contributed by atoms with Crippen molar-refractivity contribution in [3.8, 4) is 0 Å². The van der Waals surface area contributed by atoms with Crippen molar-refractivity contribution in [3.05, 3.63) is 70.8 Å². The number of hydrogen-bond acceptors (Lipinski definition) is 13. The van der Waals surface area contributed by atoms with Crippen LogP contribution in [-0.4, -0.2) is 167 Å². The summed E-state index contributed by atoms with van der Waals surface area (Å²) >= 11 is 0. The van der Waals surface area contributed by atoms with Crippen molar-refractivity contribution in [3.63, 3.8) is 0 Å². The molecule has 82 heavy (non-hydrogen) atoms. The van der Waals surface area contributed by atoms with Crippen LogP contribution in [0.1, 0.15) is 163 Å². The highest BCUT2D eigenvalue weighted by Gasteiger charge is 2.49. The summed E-state index contributed by atoms with van der Waals surface area (Å²) in [4.78, 5) is 116. The molecule has 21 heteroatoms. The van der Waals surface area contributed by atoms with Gasteiger partial charge >= 0.3 is 12.2 Å². The number of nitrogens with one attached hydrogen (secondary N) is 5. The fourth-order valence-electron chi connectivity index (χ4n) is 11.0. The first-order chi connectivity index (χ1) is 38.3. The summed E-state index contributed by atoms with van der Waals surface area (Å²) in [6.07, 6.45) is 2.23. The summed E-state index contributed by atoms with van der Waals surface area (Å²) in [5.74, 6) is -3.21. The highest BCUT2D eigenvalue weighted by molar-refractivity contribution is 5.96. The van der Waals surface area contributed by atoms with Gasteiger partial charge in [0.15, 0.2) is 0 Å². The first kappa shape index (κ1) is 64.8. The van der Waals surface area contributed by atoms with Crippen LogP contribution in [0.3, 0.4) is 0 Å². The number of nitrogens with zero attached hydrogens (tertiary/aromatic N) is 3. The molecule has 4 aliphatic rings. The van der Waals surface area contributed by atoms with Gasteiger partial charge in [0.05, 0.1) is 44.1 Å². The molecule has 2 aliphatic heterocycles. The number of hydrogen-bond donors (Lipinski definition) is 6. The third-order valence-electron chi connectivity index (χ3n) is 15.5. The number of likely N-dealkylation sites (tertiary alicyclic amines) is 2. The quantitative estimate of drug-likeness (QED) is 0.100. The topological polar surface area (TPSA) is 264 Å². The van der Waals surface area contributed by atoms with Crippen LogP contribution in [0.15, 0.2) is 48.5 Å². The van der Waals surface area contributed by atoms with E-state index in [0.29, 0.717) is 12.8 Å². The van der Waals surface area contributed by atoms with E-state index < -0.39 is 113 Å². The molecular formula is C61H92N8O13. The van der Waals surface area contributed by atoms with Crippen molar-refractivity contribution in [2.75, 3.05) is 40.0 Å². The first-order valence-electron chi connectivity index (χ1n) is 29.0. The number of aliphatic hydroxyl groups excluding tert-OH is 1. The summed E-state index contributed by atoms with van der Waals surface area (Å²) in [5.41, 5.74) is 0.871. The molecule has 2 aliphatic carbocycles. The number of rotatable bonds is 18. The monoisotopic (exact) mass is 1140 g/mol. The van der Waals surface area contributed by atoms with Gasteiger partial charge in [-0.1, -0.05) is 90.1 Å². The predicted molar refractivity (Wildman–Crippen MR) is 307 cm³/mol. The molecule has 0 bridgehead atoms. The summed E-state index contributed by atoms with van der Waals surface area (Å²) in [6, 6.07) is 8.57. The maximum Gasteiger partial charge on any atom is 0.410 e. The standard InChI is InChI=1S/C61H92N8O13/c1-36(67(14)57(78)82-61(11,12)13)50(71)65-48(58(2,3)4)54(75)68-33-39(31-46(68)52(73)62-43-27-19-23-37-21-15-17-25-41(37)43)79-29-30-80-40-32-47(53(74)63-44-28-20-24-38-22-16-18-26-42(38)44)69(34-40)55(76)49(59(5,6)7)66-51(72)45(35-70)64-56(77)81-60(8,9)10/h15-18,21-22,25-26,36,39-40,43-49,70H,19-20,23-24,27-35H2,1-14H3,(H,62,73)(H,63,74)(H,64,77)(H,65,71)(H,66,72)/t36-,39-,40-,43+,44+,45-,46-,47-,48+,49+/m0/s1. The van der Waals surface area contributed by atoms with Crippen molar-refractivity contribution in [2.45, 2.75) is 213 Å². The Morgan fingerprint density at radius 2 is 1.02 bits per heavy atom. The Kier molecular flexibility index (Phi) is 21.3. The molecule has 0 radical (unpaired) electrons. The van der Waals surface area contributed by atoms with Gasteiger partial charge in [-0.2, -0.15) is 0 Å². The molecule has 6 N–H and O–H groups in total. The summed E-state index contributed by atoms with van der Waals surface area (Å²) in [6.45, 7) is 21.6. The van der Waals surface area contributed by atoms with Gasteiger partial charge in [-0.25, -0.2) is 9.59 Å². The summed E-state index contributed by atoms with van der Waals surface area (Å²) in [5, 5.41) is 24.7. The normalized spacial score (nSPS) is 22.5. The van der Waals surface area contributed by atoms with Gasteiger partial charge < -0.3 is 60.4 Å². The largest absolute Gasteiger partial charge is 0.444 e. The van der Waals surface area contributed by atoms with Crippen molar-refractivity contribution < 1.29 is 62.4 Å². The Labute approximate surface area is 484 Å². The molecule has 2 aromatic carbocycles. The molecule has 0 unspecified atom stereocenters. The van der Waals surface area contributed by atoms with E-state index >= 15 is 0 Å². The minimum absolute atomic E-state index is 0.00881. The number of benzene rings is 2. The molecule has 10 atom stereocenters. The number of aryl methyl sites for hydroxylation is 2. The van der Waals surface area contributed by atoms with Gasteiger partial charge in [-0.3, -0.25) is 33.7 Å². The van der Waals surface area contributed by atoms with Gasteiger partial charge in [0.1, 0.15) is 47.5 Å².